The van der Waals surface area contributed by atoms with Gasteiger partial charge in [0.15, 0.2) is 6.10 Å². The molecule has 1 aromatic heterocycles. The molecule has 4 rings (SSSR count). The molecule has 0 spiro atoms. The lowest BCUT2D eigenvalue weighted by Gasteiger charge is -2.28. The van der Waals surface area contributed by atoms with E-state index in [9.17, 15) is 19.1 Å². The van der Waals surface area contributed by atoms with Crippen LogP contribution in [0, 0.1) is 5.82 Å². The number of anilines is 1. The van der Waals surface area contributed by atoms with Gasteiger partial charge in [0.2, 0.25) is 5.88 Å². The van der Waals surface area contributed by atoms with E-state index >= 15 is 0 Å². The van der Waals surface area contributed by atoms with E-state index < -0.39 is 24.1 Å². The smallest absolute Gasteiger partial charge is 0.414 e. The summed E-state index contributed by atoms with van der Waals surface area (Å²) in [6.45, 7) is 2.51. The lowest BCUT2D eigenvalue weighted by molar-refractivity contribution is -0.138. The summed E-state index contributed by atoms with van der Waals surface area (Å²) in [5.41, 5.74) is 1.61. The first-order valence-electron chi connectivity index (χ1n) is 9.76. The van der Waals surface area contributed by atoms with Gasteiger partial charge in [-0.1, -0.05) is 6.08 Å². The van der Waals surface area contributed by atoms with Gasteiger partial charge < -0.3 is 19.5 Å². The molecule has 1 saturated heterocycles. The van der Waals surface area contributed by atoms with E-state index in [0.717, 1.165) is 17.3 Å². The number of carbonyl (C=O) groups is 2. The van der Waals surface area contributed by atoms with E-state index in [2.05, 4.69) is 8.75 Å². The van der Waals surface area contributed by atoms with Gasteiger partial charge in [0.05, 0.1) is 24.0 Å². The Hall–Kier alpha value is -3.05. The van der Waals surface area contributed by atoms with E-state index in [0.29, 0.717) is 36.6 Å². The number of benzene rings is 1. The van der Waals surface area contributed by atoms with E-state index in [1.165, 1.54) is 29.0 Å². The van der Waals surface area contributed by atoms with Crippen molar-refractivity contribution in [2.45, 2.75) is 25.6 Å². The first-order chi connectivity index (χ1) is 14.9. The topological polar surface area (TPSA) is 105 Å². The number of carbonyl (C=O) groups excluding carboxylic acids is 2. The molecule has 3 heterocycles. The number of aromatic nitrogens is 2. The number of nitrogens with zero attached hydrogens (tertiary/aromatic N) is 4. The van der Waals surface area contributed by atoms with Crippen LogP contribution in [-0.4, -0.2) is 69.2 Å². The van der Waals surface area contributed by atoms with Crippen molar-refractivity contribution in [1.82, 2.24) is 13.6 Å². The monoisotopic (exact) mass is 448 g/mol. The maximum Gasteiger partial charge on any atom is 0.414 e. The minimum absolute atomic E-state index is 0.128. The predicted molar refractivity (Wildman–Crippen MR) is 110 cm³/mol. The van der Waals surface area contributed by atoms with Gasteiger partial charge in [-0.25, -0.2) is 9.18 Å². The van der Waals surface area contributed by atoms with Crippen LogP contribution < -0.4 is 9.64 Å². The largest absolute Gasteiger partial charge is 0.472 e. The Morgan fingerprint density at radius 1 is 1.48 bits per heavy atom. The maximum atomic E-state index is 14.9. The fourth-order valence-electron chi connectivity index (χ4n) is 3.53. The second-order valence-electron chi connectivity index (χ2n) is 7.28. The molecule has 9 nitrogen and oxygen atoms in total. The minimum atomic E-state index is -1.06. The number of aliphatic hydroxyl groups is 1. The molecule has 0 aliphatic carbocycles. The van der Waals surface area contributed by atoms with Crippen molar-refractivity contribution in [3.8, 4) is 5.88 Å². The van der Waals surface area contributed by atoms with Gasteiger partial charge in [-0.05, 0) is 37.1 Å². The number of amides is 2. The molecule has 0 saturated carbocycles. The number of rotatable bonds is 6. The summed E-state index contributed by atoms with van der Waals surface area (Å²) in [6.07, 6.45) is 1.61. The van der Waals surface area contributed by atoms with Crippen LogP contribution in [0.1, 0.15) is 18.9 Å². The van der Waals surface area contributed by atoms with Crippen LogP contribution in [0.3, 0.4) is 0 Å². The molecule has 2 atom stereocenters. The summed E-state index contributed by atoms with van der Waals surface area (Å²) >= 11 is 1.02. The predicted octanol–water partition coefficient (Wildman–Crippen LogP) is 2.08. The zero-order valence-electron chi connectivity index (χ0n) is 16.7. The Balaban J connectivity index is 1.41. The zero-order valence-corrected chi connectivity index (χ0v) is 17.5. The Bertz CT molecular complexity index is 997. The molecule has 0 bridgehead atoms. The first-order valence-corrected chi connectivity index (χ1v) is 10.5. The standard InChI is InChI=1S/C20H21FN4O5S/c1-12(26)19(27)24-6-4-13(5-7-24)16-3-2-14(8-17(16)21)25-10-15(30-20(25)28)11-29-18-9-22-31-23-18/h2-4,8-9,12,15,26H,5-7,10-11H2,1H3/t12-,15+/m0/s1. The van der Waals surface area contributed by atoms with E-state index in [1.54, 1.807) is 18.2 Å². The molecule has 2 amide bonds. The third-order valence-electron chi connectivity index (χ3n) is 5.12. The Kier molecular flexibility index (Phi) is 6.14. The molecule has 1 N–H and O–H groups in total. The van der Waals surface area contributed by atoms with E-state index in [4.69, 9.17) is 9.47 Å². The lowest BCUT2D eigenvalue weighted by Crippen LogP contribution is -2.40. The second kappa shape index (κ2) is 8.98. The molecular formula is C20H21FN4O5S. The van der Waals surface area contributed by atoms with Crippen LogP contribution >= 0.6 is 11.7 Å². The van der Waals surface area contributed by atoms with Crippen molar-refractivity contribution in [3.05, 3.63) is 41.9 Å². The highest BCUT2D eigenvalue weighted by Crippen LogP contribution is 2.30. The van der Waals surface area contributed by atoms with E-state index in [-0.39, 0.29) is 19.1 Å². The number of cyclic esters (lactones) is 1. The molecule has 2 aliphatic heterocycles. The van der Waals surface area contributed by atoms with Gasteiger partial charge in [-0.15, -0.1) is 4.37 Å². The van der Waals surface area contributed by atoms with Crippen molar-refractivity contribution < 1.29 is 28.6 Å². The van der Waals surface area contributed by atoms with Gasteiger partial charge in [0.1, 0.15) is 24.7 Å². The van der Waals surface area contributed by atoms with Crippen molar-refractivity contribution in [1.29, 1.82) is 0 Å². The molecule has 164 valence electrons. The molecule has 1 fully saturated rings. The molecule has 1 aromatic carbocycles. The fourth-order valence-corrected chi connectivity index (χ4v) is 3.89. The highest BCUT2D eigenvalue weighted by molar-refractivity contribution is 6.99. The summed E-state index contributed by atoms with van der Waals surface area (Å²) in [5.74, 6) is -0.437. The maximum absolute atomic E-state index is 14.9. The highest BCUT2D eigenvalue weighted by Gasteiger charge is 2.33. The summed E-state index contributed by atoms with van der Waals surface area (Å²) in [4.78, 5) is 27.0. The molecule has 31 heavy (non-hydrogen) atoms. The number of hydrogen-bond donors (Lipinski definition) is 1. The number of hydrogen-bond acceptors (Lipinski definition) is 8. The third-order valence-corrected chi connectivity index (χ3v) is 5.58. The van der Waals surface area contributed by atoms with Crippen molar-refractivity contribution >= 4 is 35.0 Å². The highest BCUT2D eigenvalue weighted by atomic mass is 32.1. The van der Waals surface area contributed by atoms with Gasteiger partial charge >= 0.3 is 6.09 Å². The van der Waals surface area contributed by atoms with Gasteiger partial charge in [-0.2, -0.15) is 4.37 Å². The average Bonchev–Trinajstić information content (AvgIpc) is 3.41. The third kappa shape index (κ3) is 4.67. The molecule has 2 aromatic rings. The summed E-state index contributed by atoms with van der Waals surface area (Å²) in [6, 6.07) is 4.60. The van der Waals surface area contributed by atoms with Crippen LogP contribution in [0.25, 0.3) is 5.57 Å². The van der Waals surface area contributed by atoms with Gasteiger partial charge in [-0.3, -0.25) is 9.69 Å². The summed E-state index contributed by atoms with van der Waals surface area (Å²) in [5, 5.41) is 9.43. The van der Waals surface area contributed by atoms with Crippen molar-refractivity contribution in [3.63, 3.8) is 0 Å². The van der Waals surface area contributed by atoms with Crippen LogP contribution in [0.2, 0.25) is 0 Å². The summed E-state index contributed by atoms with van der Waals surface area (Å²) < 4.78 is 33.3. The molecule has 0 unspecified atom stereocenters. The number of halogens is 1. The van der Waals surface area contributed by atoms with Crippen LogP contribution in [0.15, 0.2) is 30.5 Å². The fraction of sp³-hybridized carbons (Fsp3) is 0.400. The van der Waals surface area contributed by atoms with Gasteiger partial charge in [0, 0.05) is 18.7 Å². The average molecular weight is 448 g/mol. The lowest BCUT2D eigenvalue weighted by atomic mass is 9.98. The van der Waals surface area contributed by atoms with Crippen LogP contribution in [-0.2, 0) is 9.53 Å². The zero-order chi connectivity index (χ0) is 22.0. The number of aliphatic hydroxyl groups excluding tert-OH is 1. The van der Waals surface area contributed by atoms with Gasteiger partial charge in [0.25, 0.3) is 5.91 Å². The Labute approximate surface area is 182 Å². The molecule has 11 heteroatoms. The Morgan fingerprint density at radius 2 is 2.32 bits per heavy atom. The van der Waals surface area contributed by atoms with Crippen LogP contribution in [0.5, 0.6) is 5.88 Å². The van der Waals surface area contributed by atoms with E-state index in [1.807, 2.05) is 0 Å². The molecular weight excluding hydrogens is 427 g/mol. The molecule has 0 radical (unpaired) electrons. The quantitative estimate of drug-likeness (QED) is 0.721. The summed E-state index contributed by atoms with van der Waals surface area (Å²) in [7, 11) is 0. The number of ether oxygens (including phenoxy) is 2. The SMILES string of the molecule is C[C@H](O)C(=O)N1CC=C(c2ccc(N3C[C@H](COc4cnsn4)OC3=O)cc2F)CC1. The minimum Gasteiger partial charge on any atom is -0.472 e. The van der Waals surface area contributed by atoms with Crippen molar-refractivity contribution in [2.24, 2.45) is 0 Å². The van der Waals surface area contributed by atoms with Crippen LogP contribution in [0.4, 0.5) is 14.9 Å². The Morgan fingerprint density at radius 3 is 2.97 bits per heavy atom. The first kappa shape index (κ1) is 21.2. The normalized spacial score (nSPS) is 19.8. The molecule has 2 aliphatic rings. The van der Waals surface area contributed by atoms with Crippen molar-refractivity contribution in [2.75, 3.05) is 31.1 Å². The second-order valence-corrected chi connectivity index (χ2v) is 7.83.